The van der Waals surface area contributed by atoms with Gasteiger partial charge in [0.25, 0.3) is 0 Å². The Morgan fingerprint density at radius 3 is 2.45 bits per heavy atom. The lowest BCUT2D eigenvalue weighted by atomic mass is 9.99. The molecule has 0 aliphatic carbocycles. The summed E-state index contributed by atoms with van der Waals surface area (Å²) in [5.41, 5.74) is 7.26. The van der Waals surface area contributed by atoms with Gasteiger partial charge in [-0.1, -0.05) is 37.6 Å². The average Bonchev–Trinajstić information content (AvgIpc) is 2.49. The zero-order valence-corrected chi connectivity index (χ0v) is 13.9. The first-order chi connectivity index (χ1) is 10.5. The molecule has 3 rings (SSSR count). The minimum absolute atomic E-state index is 0.505. The Bertz CT molecular complexity index is 848. The minimum Gasteiger partial charge on any atom is -0.236 e. The fourth-order valence-electron chi connectivity index (χ4n) is 2.80. The van der Waals surface area contributed by atoms with Crippen molar-refractivity contribution in [3.63, 3.8) is 0 Å². The summed E-state index contributed by atoms with van der Waals surface area (Å²) >= 11 is 0. The van der Waals surface area contributed by atoms with E-state index in [1.807, 2.05) is 6.20 Å². The standard InChI is InChI=1S/C20H22N2/c1-12(2)16-6-7-17-11-21-20(22-19(17)10-16)18-9-13(3)8-14(4)15(18)5/h6-12H,1-5H3. The van der Waals surface area contributed by atoms with Gasteiger partial charge in [-0.25, -0.2) is 9.97 Å². The van der Waals surface area contributed by atoms with Gasteiger partial charge in [0, 0.05) is 17.1 Å². The summed E-state index contributed by atoms with van der Waals surface area (Å²) < 4.78 is 0. The Kier molecular flexibility index (Phi) is 3.69. The Balaban J connectivity index is 2.20. The Morgan fingerprint density at radius 2 is 1.73 bits per heavy atom. The van der Waals surface area contributed by atoms with Crippen molar-refractivity contribution < 1.29 is 0 Å². The van der Waals surface area contributed by atoms with Crippen LogP contribution in [0.4, 0.5) is 0 Å². The van der Waals surface area contributed by atoms with Gasteiger partial charge in [0.05, 0.1) is 5.52 Å². The molecule has 0 saturated heterocycles. The SMILES string of the molecule is Cc1cc(C)c(C)c(-c2ncc3ccc(C(C)C)cc3n2)c1. The summed E-state index contributed by atoms with van der Waals surface area (Å²) in [6, 6.07) is 10.8. The highest BCUT2D eigenvalue weighted by Gasteiger charge is 2.10. The van der Waals surface area contributed by atoms with E-state index in [4.69, 9.17) is 4.98 Å². The maximum absolute atomic E-state index is 4.82. The largest absolute Gasteiger partial charge is 0.236 e. The van der Waals surface area contributed by atoms with E-state index in [0.717, 1.165) is 22.3 Å². The Labute approximate surface area is 132 Å². The maximum Gasteiger partial charge on any atom is 0.160 e. The average molecular weight is 290 g/mol. The van der Waals surface area contributed by atoms with E-state index in [1.54, 1.807) is 0 Å². The van der Waals surface area contributed by atoms with Crippen LogP contribution < -0.4 is 0 Å². The molecule has 0 atom stereocenters. The molecule has 0 unspecified atom stereocenters. The number of rotatable bonds is 2. The predicted molar refractivity (Wildman–Crippen MR) is 93.3 cm³/mol. The lowest BCUT2D eigenvalue weighted by molar-refractivity contribution is 0.868. The van der Waals surface area contributed by atoms with Crippen LogP contribution in [-0.4, -0.2) is 9.97 Å². The molecule has 0 radical (unpaired) electrons. The van der Waals surface area contributed by atoms with Crippen molar-refractivity contribution in [2.45, 2.75) is 40.5 Å². The van der Waals surface area contributed by atoms with Crippen LogP contribution in [0.3, 0.4) is 0 Å². The summed E-state index contributed by atoms with van der Waals surface area (Å²) in [5, 5.41) is 1.09. The molecule has 0 aliphatic rings. The molecule has 0 bridgehead atoms. The molecule has 0 spiro atoms. The van der Waals surface area contributed by atoms with E-state index in [-0.39, 0.29) is 0 Å². The van der Waals surface area contributed by atoms with Crippen LogP contribution in [0, 0.1) is 20.8 Å². The van der Waals surface area contributed by atoms with E-state index >= 15 is 0 Å². The van der Waals surface area contributed by atoms with Crippen molar-refractivity contribution in [3.8, 4) is 11.4 Å². The van der Waals surface area contributed by atoms with E-state index in [1.165, 1.54) is 22.3 Å². The normalized spacial score (nSPS) is 11.4. The third kappa shape index (κ3) is 2.61. The third-order valence-electron chi connectivity index (χ3n) is 4.33. The molecule has 1 heterocycles. The molecule has 2 aromatic carbocycles. The van der Waals surface area contributed by atoms with Gasteiger partial charge in [0.15, 0.2) is 5.82 Å². The van der Waals surface area contributed by atoms with Crippen molar-refractivity contribution >= 4 is 10.9 Å². The highest BCUT2D eigenvalue weighted by molar-refractivity contribution is 5.81. The van der Waals surface area contributed by atoms with Crippen LogP contribution in [-0.2, 0) is 0 Å². The summed E-state index contributed by atoms with van der Waals surface area (Å²) in [5.74, 6) is 1.32. The highest BCUT2D eigenvalue weighted by atomic mass is 14.9. The summed E-state index contributed by atoms with van der Waals surface area (Å²) in [7, 11) is 0. The van der Waals surface area contributed by atoms with Gasteiger partial charge in [-0.15, -0.1) is 0 Å². The molecule has 2 heteroatoms. The molecule has 0 fully saturated rings. The second-order valence-electron chi connectivity index (χ2n) is 6.42. The zero-order valence-electron chi connectivity index (χ0n) is 13.9. The molecule has 22 heavy (non-hydrogen) atoms. The maximum atomic E-state index is 4.82. The van der Waals surface area contributed by atoms with Gasteiger partial charge in [0.2, 0.25) is 0 Å². The van der Waals surface area contributed by atoms with Crippen LogP contribution in [0.15, 0.2) is 36.5 Å². The summed E-state index contributed by atoms with van der Waals surface area (Å²) in [4.78, 5) is 9.40. The van der Waals surface area contributed by atoms with Crippen molar-refractivity contribution in [2.75, 3.05) is 0 Å². The van der Waals surface area contributed by atoms with Crippen LogP contribution >= 0.6 is 0 Å². The number of aromatic nitrogens is 2. The van der Waals surface area contributed by atoms with Crippen molar-refractivity contribution in [1.82, 2.24) is 9.97 Å². The molecule has 0 amide bonds. The molecule has 0 aliphatic heterocycles. The second kappa shape index (κ2) is 5.53. The molecule has 0 N–H and O–H groups in total. The predicted octanol–water partition coefficient (Wildman–Crippen LogP) is 5.35. The van der Waals surface area contributed by atoms with Gasteiger partial charge < -0.3 is 0 Å². The molecule has 0 saturated carbocycles. The van der Waals surface area contributed by atoms with E-state index in [2.05, 4.69) is 69.9 Å². The Morgan fingerprint density at radius 1 is 0.955 bits per heavy atom. The molecular weight excluding hydrogens is 268 g/mol. The molecule has 3 aromatic rings. The first kappa shape index (κ1) is 14.7. The molecule has 2 nitrogen and oxygen atoms in total. The lowest BCUT2D eigenvalue weighted by Gasteiger charge is -2.11. The number of hydrogen-bond acceptors (Lipinski definition) is 2. The molecule has 112 valence electrons. The summed E-state index contributed by atoms with van der Waals surface area (Å²) in [6.45, 7) is 10.8. The van der Waals surface area contributed by atoms with Crippen LogP contribution in [0.5, 0.6) is 0 Å². The first-order valence-corrected chi connectivity index (χ1v) is 7.80. The zero-order chi connectivity index (χ0) is 15.9. The quantitative estimate of drug-likeness (QED) is 0.636. The van der Waals surface area contributed by atoms with Gasteiger partial charge >= 0.3 is 0 Å². The topological polar surface area (TPSA) is 25.8 Å². The first-order valence-electron chi connectivity index (χ1n) is 7.80. The highest BCUT2D eigenvalue weighted by Crippen LogP contribution is 2.26. The van der Waals surface area contributed by atoms with E-state index in [9.17, 15) is 0 Å². The smallest absolute Gasteiger partial charge is 0.160 e. The molecule has 1 aromatic heterocycles. The van der Waals surface area contributed by atoms with Crippen molar-refractivity contribution in [3.05, 3.63) is 58.8 Å². The second-order valence-corrected chi connectivity index (χ2v) is 6.42. The van der Waals surface area contributed by atoms with Crippen molar-refractivity contribution in [2.24, 2.45) is 0 Å². The monoisotopic (exact) mass is 290 g/mol. The van der Waals surface area contributed by atoms with E-state index in [0.29, 0.717) is 5.92 Å². The number of benzene rings is 2. The summed E-state index contributed by atoms with van der Waals surface area (Å²) in [6.07, 6.45) is 1.93. The van der Waals surface area contributed by atoms with Gasteiger partial charge in [-0.3, -0.25) is 0 Å². The van der Waals surface area contributed by atoms with E-state index < -0.39 is 0 Å². The number of aryl methyl sites for hydroxylation is 2. The minimum atomic E-state index is 0.505. The van der Waals surface area contributed by atoms with Gasteiger partial charge in [-0.05, 0) is 55.5 Å². The van der Waals surface area contributed by atoms with Gasteiger partial charge in [0.1, 0.15) is 0 Å². The number of hydrogen-bond donors (Lipinski definition) is 0. The fraction of sp³-hybridized carbons (Fsp3) is 0.300. The Hall–Kier alpha value is -2.22. The number of fused-ring (bicyclic) bond motifs is 1. The van der Waals surface area contributed by atoms with Crippen molar-refractivity contribution in [1.29, 1.82) is 0 Å². The lowest BCUT2D eigenvalue weighted by Crippen LogP contribution is -1.96. The number of nitrogens with zero attached hydrogens (tertiary/aromatic N) is 2. The fourth-order valence-corrected chi connectivity index (χ4v) is 2.80. The van der Waals surface area contributed by atoms with Crippen LogP contribution in [0.25, 0.3) is 22.3 Å². The third-order valence-corrected chi connectivity index (χ3v) is 4.33. The van der Waals surface area contributed by atoms with Crippen LogP contribution in [0.2, 0.25) is 0 Å². The molecular formula is C20H22N2. The van der Waals surface area contributed by atoms with Gasteiger partial charge in [-0.2, -0.15) is 0 Å². The van der Waals surface area contributed by atoms with Crippen LogP contribution in [0.1, 0.15) is 42.0 Å².